The molecule has 0 saturated heterocycles. The van der Waals surface area contributed by atoms with Crippen molar-refractivity contribution in [1.82, 2.24) is 0 Å². The van der Waals surface area contributed by atoms with Crippen LogP contribution in [0.5, 0.6) is 17.2 Å². The standard InChI is InChI=1S/C19H16N2O6S/c1-20(28(25,26)15-11-12-18(22)17(13-15)21(23)24)16-9-5-6-10-19(16)27-14-7-3-2-4-8-14/h2-13,22H,1H3. The summed E-state index contributed by atoms with van der Waals surface area (Å²) in [5.74, 6) is 0.216. The van der Waals surface area contributed by atoms with Gasteiger partial charge in [-0.2, -0.15) is 0 Å². The molecule has 0 atom stereocenters. The van der Waals surface area contributed by atoms with Crippen LogP contribution in [0.25, 0.3) is 0 Å². The first kappa shape index (κ1) is 19.2. The lowest BCUT2D eigenvalue weighted by Gasteiger charge is -2.22. The van der Waals surface area contributed by atoms with E-state index in [4.69, 9.17) is 4.74 Å². The van der Waals surface area contributed by atoms with Crippen molar-refractivity contribution in [2.45, 2.75) is 4.90 Å². The minimum Gasteiger partial charge on any atom is -0.502 e. The number of nitro benzene ring substituents is 1. The van der Waals surface area contributed by atoms with Gasteiger partial charge in [-0.15, -0.1) is 0 Å². The van der Waals surface area contributed by atoms with Crippen LogP contribution in [0.15, 0.2) is 77.7 Å². The average Bonchev–Trinajstić information content (AvgIpc) is 2.68. The zero-order valence-electron chi connectivity index (χ0n) is 14.7. The SMILES string of the molecule is CN(c1ccccc1Oc1ccccc1)S(=O)(=O)c1ccc(O)c([N+](=O)[O-])c1. The maximum atomic E-state index is 13.0. The van der Waals surface area contributed by atoms with Crippen molar-refractivity contribution in [2.75, 3.05) is 11.4 Å². The summed E-state index contributed by atoms with van der Waals surface area (Å²) in [4.78, 5) is 9.84. The molecule has 3 rings (SSSR count). The van der Waals surface area contributed by atoms with E-state index in [0.717, 1.165) is 22.5 Å². The smallest absolute Gasteiger partial charge is 0.312 e. The Bertz CT molecular complexity index is 1120. The van der Waals surface area contributed by atoms with Gasteiger partial charge in [0.25, 0.3) is 10.0 Å². The Kier molecular flexibility index (Phi) is 5.18. The normalized spacial score (nSPS) is 11.0. The summed E-state index contributed by atoms with van der Waals surface area (Å²) in [6.45, 7) is 0. The van der Waals surface area contributed by atoms with Crippen LogP contribution in [0, 0.1) is 10.1 Å². The fourth-order valence-corrected chi connectivity index (χ4v) is 3.74. The Labute approximate surface area is 161 Å². The summed E-state index contributed by atoms with van der Waals surface area (Å²) in [6, 6.07) is 18.3. The van der Waals surface area contributed by atoms with E-state index in [1.165, 1.54) is 7.05 Å². The molecule has 144 valence electrons. The number of nitrogens with zero attached hydrogens (tertiary/aromatic N) is 2. The Morgan fingerprint density at radius 3 is 2.32 bits per heavy atom. The lowest BCUT2D eigenvalue weighted by Crippen LogP contribution is -2.27. The molecule has 0 saturated carbocycles. The number of rotatable bonds is 6. The van der Waals surface area contributed by atoms with Gasteiger partial charge in [-0.1, -0.05) is 30.3 Å². The van der Waals surface area contributed by atoms with Crippen molar-refractivity contribution in [3.8, 4) is 17.2 Å². The van der Waals surface area contributed by atoms with Gasteiger partial charge in [-0.25, -0.2) is 8.42 Å². The highest BCUT2D eigenvalue weighted by Crippen LogP contribution is 2.36. The van der Waals surface area contributed by atoms with Gasteiger partial charge in [-0.3, -0.25) is 14.4 Å². The first-order valence-corrected chi connectivity index (χ1v) is 9.53. The van der Waals surface area contributed by atoms with Crippen LogP contribution in [0.4, 0.5) is 11.4 Å². The van der Waals surface area contributed by atoms with E-state index in [9.17, 15) is 23.6 Å². The summed E-state index contributed by atoms with van der Waals surface area (Å²) in [6.07, 6.45) is 0. The predicted molar refractivity (Wildman–Crippen MR) is 103 cm³/mol. The van der Waals surface area contributed by atoms with Crippen LogP contribution in [0.1, 0.15) is 0 Å². The third kappa shape index (κ3) is 3.74. The van der Waals surface area contributed by atoms with Crippen molar-refractivity contribution in [1.29, 1.82) is 0 Å². The maximum Gasteiger partial charge on any atom is 0.312 e. The monoisotopic (exact) mass is 400 g/mol. The molecule has 28 heavy (non-hydrogen) atoms. The Morgan fingerprint density at radius 2 is 1.64 bits per heavy atom. The van der Waals surface area contributed by atoms with E-state index in [1.54, 1.807) is 48.5 Å². The maximum absolute atomic E-state index is 13.0. The van der Waals surface area contributed by atoms with Gasteiger partial charge in [0, 0.05) is 13.1 Å². The number of para-hydroxylation sites is 3. The number of sulfonamides is 1. The first-order valence-electron chi connectivity index (χ1n) is 8.09. The van der Waals surface area contributed by atoms with Crippen molar-refractivity contribution in [3.05, 3.63) is 82.9 Å². The van der Waals surface area contributed by atoms with Crippen molar-refractivity contribution < 1.29 is 23.2 Å². The average molecular weight is 400 g/mol. The molecule has 1 N–H and O–H groups in total. The zero-order valence-corrected chi connectivity index (χ0v) is 15.5. The molecule has 0 bridgehead atoms. The van der Waals surface area contributed by atoms with Gasteiger partial charge >= 0.3 is 5.69 Å². The third-order valence-electron chi connectivity index (χ3n) is 3.98. The lowest BCUT2D eigenvalue weighted by molar-refractivity contribution is -0.386. The first-order chi connectivity index (χ1) is 13.3. The highest BCUT2D eigenvalue weighted by Gasteiger charge is 2.27. The number of aromatic hydroxyl groups is 1. The van der Waals surface area contributed by atoms with Gasteiger partial charge in [0.1, 0.15) is 5.75 Å². The van der Waals surface area contributed by atoms with Crippen LogP contribution >= 0.6 is 0 Å². The second kappa shape index (κ2) is 7.57. The summed E-state index contributed by atoms with van der Waals surface area (Å²) < 4.78 is 32.7. The molecule has 0 spiro atoms. The van der Waals surface area contributed by atoms with Crippen LogP contribution < -0.4 is 9.04 Å². The molecule has 9 heteroatoms. The number of nitro groups is 1. The molecule has 0 unspecified atom stereocenters. The molecule has 8 nitrogen and oxygen atoms in total. The largest absolute Gasteiger partial charge is 0.502 e. The lowest BCUT2D eigenvalue weighted by atomic mass is 10.3. The molecular formula is C19H16N2O6S. The van der Waals surface area contributed by atoms with Crippen molar-refractivity contribution in [3.63, 3.8) is 0 Å². The number of ether oxygens (including phenoxy) is 1. The van der Waals surface area contributed by atoms with E-state index in [0.29, 0.717) is 11.5 Å². The quantitative estimate of drug-likeness (QED) is 0.496. The Hall–Kier alpha value is -3.59. The van der Waals surface area contributed by atoms with Crippen LogP contribution in [-0.4, -0.2) is 25.5 Å². The highest BCUT2D eigenvalue weighted by atomic mass is 32.2. The molecule has 0 heterocycles. The number of hydrogen-bond donors (Lipinski definition) is 1. The number of benzene rings is 3. The van der Waals surface area contributed by atoms with Crippen LogP contribution in [-0.2, 0) is 10.0 Å². The Balaban J connectivity index is 2.01. The molecule has 0 fully saturated rings. The van der Waals surface area contributed by atoms with Crippen LogP contribution in [0.2, 0.25) is 0 Å². The number of phenols is 1. The molecule has 0 aliphatic rings. The van der Waals surface area contributed by atoms with E-state index < -0.39 is 26.4 Å². The minimum atomic E-state index is -4.14. The highest BCUT2D eigenvalue weighted by molar-refractivity contribution is 7.92. The second-order valence-electron chi connectivity index (χ2n) is 5.76. The van der Waals surface area contributed by atoms with Gasteiger partial charge in [0.05, 0.1) is 15.5 Å². The summed E-state index contributed by atoms with van der Waals surface area (Å²) >= 11 is 0. The fraction of sp³-hybridized carbons (Fsp3) is 0.0526. The molecule has 0 aliphatic carbocycles. The number of anilines is 1. The zero-order chi connectivity index (χ0) is 20.3. The van der Waals surface area contributed by atoms with Gasteiger partial charge in [0.15, 0.2) is 11.5 Å². The van der Waals surface area contributed by atoms with E-state index in [2.05, 4.69) is 0 Å². The summed E-state index contributed by atoms with van der Waals surface area (Å²) in [5.41, 5.74) is -0.439. The minimum absolute atomic E-state index is 0.252. The third-order valence-corrected chi connectivity index (χ3v) is 5.74. The summed E-state index contributed by atoms with van der Waals surface area (Å²) in [5, 5.41) is 20.6. The number of phenolic OH excluding ortho intramolecular Hbond substituents is 1. The van der Waals surface area contributed by atoms with Gasteiger partial charge in [-0.05, 0) is 36.4 Å². The molecule has 0 amide bonds. The van der Waals surface area contributed by atoms with E-state index in [1.807, 2.05) is 6.07 Å². The summed E-state index contributed by atoms with van der Waals surface area (Å²) in [7, 11) is -2.82. The predicted octanol–water partition coefficient (Wildman–Crippen LogP) is 3.92. The molecule has 0 radical (unpaired) electrons. The molecular weight excluding hydrogens is 384 g/mol. The molecule has 3 aromatic rings. The van der Waals surface area contributed by atoms with Crippen molar-refractivity contribution in [2.24, 2.45) is 0 Å². The fourth-order valence-electron chi connectivity index (χ4n) is 2.52. The second-order valence-corrected chi connectivity index (χ2v) is 7.73. The van der Waals surface area contributed by atoms with Gasteiger partial charge in [0.2, 0.25) is 0 Å². The molecule has 0 aliphatic heterocycles. The molecule has 3 aromatic carbocycles. The van der Waals surface area contributed by atoms with E-state index >= 15 is 0 Å². The van der Waals surface area contributed by atoms with Gasteiger partial charge < -0.3 is 9.84 Å². The Morgan fingerprint density at radius 1 is 1.00 bits per heavy atom. The number of hydrogen-bond acceptors (Lipinski definition) is 6. The topological polar surface area (TPSA) is 110 Å². The molecule has 0 aromatic heterocycles. The van der Waals surface area contributed by atoms with E-state index in [-0.39, 0.29) is 10.6 Å². The van der Waals surface area contributed by atoms with Crippen LogP contribution in [0.3, 0.4) is 0 Å². The van der Waals surface area contributed by atoms with Crippen molar-refractivity contribution >= 4 is 21.4 Å².